The molecule has 224 valence electrons. The van der Waals surface area contributed by atoms with Gasteiger partial charge in [0.25, 0.3) is 0 Å². The lowest BCUT2D eigenvalue weighted by molar-refractivity contribution is 0.669. The van der Waals surface area contributed by atoms with Crippen molar-refractivity contribution in [2.24, 2.45) is 0 Å². The zero-order chi connectivity index (χ0) is 36.0. The molecule has 0 saturated carbocycles. The minimum atomic E-state index is -0.485. The Bertz CT molecular complexity index is 3110. The molecule has 5 heteroatoms. The topological polar surface area (TPSA) is 56.7 Å². The van der Waals surface area contributed by atoms with Crippen molar-refractivity contribution in [2.75, 3.05) is 0 Å². The van der Waals surface area contributed by atoms with E-state index in [4.69, 9.17) is 26.2 Å². The number of aromatic nitrogens is 4. The van der Waals surface area contributed by atoms with E-state index in [1.807, 2.05) is 78.9 Å². The van der Waals surface area contributed by atoms with Gasteiger partial charge in [0.2, 0.25) is 0 Å². The Morgan fingerprint density at radius 1 is 0.500 bits per heavy atom. The minimum Gasteiger partial charge on any atom is -0.456 e. The number of para-hydroxylation sites is 2. The fraction of sp³-hybridized carbons (Fsp3) is 0. The number of hydrogen-bond acceptors (Lipinski definition) is 4. The molecule has 0 saturated heterocycles. The van der Waals surface area contributed by atoms with Gasteiger partial charge < -0.3 is 8.98 Å². The van der Waals surface area contributed by atoms with Crippen molar-refractivity contribution in [1.29, 1.82) is 0 Å². The molecule has 3 aromatic heterocycles. The highest BCUT2D eigenvalue weighted by Crippen LogP contribution is 2.39. The number of furan rings is 1. The first-order chi connectivity index (χ1) is 25.9. The second-order valence-corrected chi connectivity index (χ2v) is 11.7. The van der Waals surface area contributed by atoms with Crippen molar-refractivity contribution in [2.45, 2.75) is 0 Å². The Morgan fingerprint density at radius 3 is 2.04 bits per heavy atom. The average Bonchev–Trinajstić information content (AvgIpc) is 3.73. The van der Waals surface area contributed by atoms with Crippen LogP contribution in [0.3, 0.4) is 0 Å². The molecule has 48 heavy (non-hydrogen) atoms. The first kappa shape index (κ1) is 22.0. The Morgan fingerprint density at radius 2 is 1.19 bits per heavy atom. The standard InChI is InChI=1S/C43H26N4O/c1-3-12-27(13-4-1)41-44-42(30-22-23-38-34(25-30)35-24-28-14-7-8-15-29(28)26-39(35)48-38)46-43(45-41)33-19-11-21-37-40(33)32-18-9-10-20-36(32)47(37)31-16-5-2-6-17-31/h1-26H/i1D,3D,4D,12D,13D. The lowest BCUT2D eigenvalue weighted by Crippen LogP contribution is -2.00. The van der Waals surface area contributed by atoms with Crippen LogP contribution in [0.5, 0.6) is 0 Å². The Labute approximate surface area is 282 Å². The Balaban J connectivity index is 1.27. The molecule has 0 fully saturated rings. The van der Waals surface area contributed by atoms with Crippen LogP contribution >= 0.6 is 0 Å². The first-order valence-corrected chi connectivity index (χ1v) is 15.6. The largest absolute Gasteiger partial charge is 0.456 e. The van der Waals surface area contributed by atoms with E-state index >= 15 is 0 Å². The summed E-state index contributed by atoms with van der Waals surface area (Å²) in [5, 5.41) is 5.89. The van der Waals surface area contributed by atoms with Crippen molar-refractivity contribution >= 4 is 54.5 Å². The van der Waals surface area contributed by atoms with Gasteiger partial charge in [-0.1, -0.05) is 103 Å². The third-order valence-corrected chi connectivity index (χ3v) is 8.91. The first-order valence-electron chi connectivity index (χ1n) is 18.1. The fourth-order valence-corrected chi connectivity index (χ4v) is 6.76. The predicted octanol–water partition coefficient (Wildman–Crippen LogP) is 11.0. The molecule has 0 N–H and O–H groups in total. The highest BCUT2D eigenvalue weighted by molar-refractivity contribution is 6.15. The lowest BCUT2D eigenvalue weighted by atomic mass is 10.0. The molecule has 0 aliphatic heterocycles. The van der Waals surface area contributed by atoms with Gasteiger partial charge in [-0.2, -0.15) is 0 Å². The smallest absolute Gasteiger partial charge is 0.164 e. The zero-order valence-electron chi connectivity index (χ0n) is 30.3. The molecule has 0 radical (unpaired) electrons. The van der Waals surface area contributed by atoms with E-state index in [2.05, 4.69) is 53.1 Å². The van der Waals surface area contributed by atoms with Crippen LogP contribution in [0.15, 0.2) is 162 Å². The quantitative estimate of drug-likeness (QED) is 0.197. The summed E-state index contributed by atoms with van der Waals surface area (Å²) >= 11 is 0. The molecule has 0 unspecified atom stereocenters. The molecule has 7 aromatic carbocycles. The fourth-order valence-electron chi connectivity index (χ4n) is 6.76. The SMILES string of the molecule is [2H]c1c([2H])c([2H])c(-c2nc(-c3ccc4oc5cc6ccccc6cc5c4c3)nc(-c3cccc4c3c3ccccc3n4-c3ccccc3)n2)c([2H])c1[2H]. The van der Waals surface area contributed by atoms with Crippen LogP contribution in [0.2, 0.25) is 0 Å². The van der Waals surface area contributed by atoms with E-state index in [0.717, 1.165) is 54.6 Å². The van der Waals surface area contributed by atoms with E-state index in [9.17, 15) is 0 Å². The van der Waals surface area contributed by atoms with Gasteiger partial charge in [0.15, 0.2) is 17.5 Å². The summed E-state index contributed by atoms with van der Waals surface area (Å²) < 4.78 is 51.1. The van der Waals surface area contributed by atoms with Gasteiger partial charge in [0.05, 0.1) is 17.9 Å². The molecular formula is C43H26N4O. The van der Waals surface area contributed by atoms with Crippen LogP contribution in [-0.2, 0) is 0 Å². The van der Waals surface area contributed by atoms with Gasteiger partial charge in [0.1, 0.15) is 11.2 Å². The maximum absolute atomic E-state index is 8.82. The Kier molecular flexibility index (Phi) is 4.81. The van der Waals surface area contributed by atoms with Crippen LogP contribution in [-0.4, -0.2) is 19.5 Å². The molecule has 5 nitrogen and oxygen atoms in total. The number of nitrogens with zero attached hydrogens (tertiary/aromatic N) is 4. The van der Waals surface area contributed by atoms with E-state index < -0.39 is 18.1 Å². The molecule has 0 bridgehead atoms. The molecule has 0 atom stereocenters. The predicted molar refractivity (Wildman–Crippen MR) is 195 cm³/mol. The third-order valence-electron chi connectivity index (χ3n) is 8.91. The van der Waals surface area contributed by atoms with Crippen molar-refractivity contribution in [3.05, 3.63) is 158 Å². The monoisotopic (exact) mass is 619 g/mol. The molecule has 0 amide bonds. The van der Waals surface area contributed by atoms with E-state index in [-0.39, 0.29) is 29.3 Å². The highest BCUT2D eigenvalue weighted by Gasteiger charge is 2.20. The van der Waals surface area contributed by atoms with Crippen molar-refractivity contribution in [3.8, 4) is 39.9 Å². The Hall–Kier alpha value is -6.59. The number of benzene rings is 7. The zero-order valence-corrected chi connectivity index (χ0v) is 25.3. The summed E-state index contributed by atoms with van der Waals surface area (Å²) in [6.07, 6.45) is 0. The normalized spacial score (nSPS) is 13.2. The van der Waals surface area contributed by atoms with Crippen LogP contribution in [0.1, 0.15) is 6.85 Å². The molecule has 10 aromatic rings. The molecule has 10 rings (SSSR count). The summed E-state index contributed by atoms with van der Waals surface area (Å²) in [7, 11) is 0. The van der Waals surface area contributed by atoms with E-state index in [1.54, 1.807) is 0 Å². The van der Waals surface area contributed by atoms with Gasteiger partial charge in [-0.25, -0.2) is 15.0 Å². The van der Waals surface area contributed by atoms with Gasteiger partial charge in [-0.15, -0.1) is 0 Å². The van der Waals surface area contributed by atoms with Crippen LogP contribution in [0.25, 0.3) is 94.4 Å². The average molecular weight is 620 g/mol. The second kappa shape index (κ2) is 10.5. The third kappa shape index (κ3) is 4.15. The van der Waals surface area contributed by atoms with Gasteiger partial charge >= 0.3 is 0 Å². The summed E-state index contributed by atoms with van der Waals surface area (Å²) in [6.45, 7) is 0. The molecule has 0 aliphatic carbocycles. The molecule has 0 aliphatic rings. The second-order valence-electron chi connectivity index (χ2n) is 11.7. The lowest BCUT2D eigenvalue weighted by Gasteiger charge is -2.10. The molecule has 0 spiro atoms. The maximum atomic E-state index is 8.82. The minimum absolute atomic E-state index is 0.0195. The van der Waals surface area contributed by atoms with Gasteiger partial charge in [0, 0.05) is 43.9 Å². The van der Waals surface area contributed by atoms with E-state index in [1.165, 1.54) is 0 Å². The number of hydrogen-bond donors (Lipinski definition) is 0. The van der Waals surface area contributed by atoms with Crippen molar-refractivity contribution in [3.63, 3.8) is 0 Å². The summed E-state index contributed by atoms with van der Waals surface area (Å²) in [5.74, 6) is 0.577. The number of rotatable bonds is 4. The van der Waals surface area contributed by atoms with Crippen molar-refractivity contribution < 1.29 is 11.3 Å². The van der Waals surface area contributed by atoms with Crippen LogP contribution in [0, 0.1) is 0 Å². The van der Waals surface area contributed by atoms with Crippen LogP contribution in [0.4, 0.5) is 0 Å². The summed E-state index contributed by atoms with van der Waals surface area (Å²) in [4.78, 5) is 14.8. The molecule has 3 heterocycles. The molecular weight excluding hydrogens is 589 g/mol. The van der Waals surface area contributed by atoms with Crippen LogP contribution < -0.4 is 0 Å². The number of fused-ring (bicyclic) bond motifs is 7. The van der Waals surface area contributed by atoms with Crippen molar-refractivity contribution in [1.82, 2.24) is 19.5 Å². The van der Waals surface area contributed by atoms with Gasteiger partial charge in [-0.3, -0.25) is 0 Å². The van der Waals surface area contributed by atoms with E-state index in [0.29, 0.717) is 22.5 Å². The summed E-state index contributed by atoms with van der Waals surface area (Å²) in [6, 6.07) is 40.1. The highest BCUT2D eigenvalue weighted by atomic mass is 16.3. The van der Waals surface area contributed by atoms with Gasteiger partial charge in [-0.05, 0) is 65.4 Å². The maximum Gasteiger partial charge on any atom is 0.164 e. The summed E-state index contributed by atoms with van der Waals surface area (Å²) in [5.41, 5.74) is 5.69.